The molecule has 0 aliphatic rings. The van der Waals surface area contributed by atoms with Crippen molar-refractivity contribution in [3.8, 4) is 0 Å². The molecule has 1 aromatic heterocycles. The molecule has 1 heterocycles. The number of hydrogen-bond acceptors (Lipinski definition) is 2. The summed E-state index contributed by atoms with van der Waals surface area (Å²) in [5, 5.41) is 3.74. The van der Waals surface area contributed by atoms with Crippen molar-refractivity contribution in [3.63, 3.8) is 0 Å². The number of carbonyl (C=O) groups excluding carboxylic acids is 1. The molecule has 0 aliphatic heterocycles. The number of H-pyrrole nitrogens is 1. The highest BCUT2D eigenvalue weighted by Crippen LogP contribution is 2.20. The van der Waals surface area contributed by atoms with E-state index in [0.717, 1.165) is 29.3 Å². The van der Waals surface area contributed by atoms with Crippen LogP contribution in [0.25, 0.3) is 10.9 Å². The molecule has 1 aromatic carbocycles. The second-order valence-electron chi connectivity index (χ2n) is 4.35. The number of carbonyl (C=O) groups is 1. The number of benzene rings is 1. The number of aromatic amines is 1. The van der Waals surface area contributed by atoms with Crippen LogP contribution in [0.3, 0.4) is 0 Å². The summed E-state index contributed by atoms with van der Waals surface area (Å²) >= 11 is 0. The minimum absolute atomic E-state index is 0.106. The second-order valence-corrected chi connectivity index (χ2v) is 4.35. The fourth-order valence-corrected chi connectivity index (χ4v) is 2.09. The molecule has 0 unspecified atom stereocenters. The van der Waals surface area contributed by atoms with E-state index < -0.39 is 0 Å². The highest BCUT2D eigenvalue weighted by molar-refractivity contribution is 5.92. The molecule has 4 heteroatoms. The van der Waals surface area contributed by atoms with E-state index in [-0.39, 0.29) is 11.5 Å². The molecular weight excluding hydrogens is 228 g/mol. The van der Waals surface area contributed by atoms with Crippen LogP contribution in [0.15, 0.2) is 29.1 Å². The van der Waals surface area contributed by atoms with Gasteiger partial charge in [-0.15, -0.1) is 0 Å². The topological polar surface area (TPSA) is 62.0 Å². The van der Waals surface area contributed by atoms with Crippen LogP contribution in [-0.4, -0.2) is 10.9 Å². The number of anilines is 1. The van der Waals surface area contributed by atoms with E-state index in [1.165, 1.54) is 6.92 Å². The van der Waals surface area contributed by atoms with Crippen molar-refractivity contribution < 1.29 is 4.79 Å². The Bertz CT molecular complexity index is 644. The molecule has 0 atom stereocenters. The number of aromatic nitrogens is 1. The average molecular weight is 244 g/mol. The summed E-state index contributed by atoms with van der Waals surface area (Å²) < 4.78 is 0. The second kappa shape index (κ2) is 5.04. The third kappa shape index (κ3) is 2.59. The molecule has 0 saturated carbocycles. The van der Waals surface area contributed by atoms with Gasteiger partial charge < -0.3 is 10.3 Å². The first-order chi connectivity index (χ1) is 8.60. The maximum absolute atomic E-state index is 11.6. The van der Waals surface area contributed by atoms with E-state index in [0.29, 0.717) is 5.69 Å². The smallest absolute Gasteiger partial charge is 0.248 e. The fraction of sp³-hybridized carbons (Fsp3) is 0.286. The lowest BCUT2D eigenvalue weighted by molar-refractivity contribution is -0.114. The Morgan fingerprint density at radius 1 is 1.33 bits per heavy atom. The molecule has 4 nitrogen and oxygen atoms in total. The van der Waals surface area contributed by atoms with Crippen molar-refractivity contribution in [2.45, 2.75) is 26.7 Å². The minimum Gasteiger partial charge on any atom is -0.326 e. The van der Waals surface area contributed by atoms with Crippen molar-refractivity contribution in [2.75, 3.05) is 5.32 Å². The predicted molar refractivity (Wildman–Crippen MR) is 72.9 cm³/mol. The van der Waals surface area contributed by atoms with Gasteiger partial charge in [0, 0.05) is 24.1 Å². The van der Waals surface area contributed by atoms with E-state index >= 15 is 0 Å². The zero-order chi connectivity index (χ0) is 13.1. The maximum Gasteiger partial charge on any atom is 0.248 e. The molecule has 18 heavy (non-hydrogen) atoms. The van der Waals surface area contributed by atoms with Gasteiger partial charge in [-0.1, -0.05) is 19.4 Å². The van der Waals surface area contributed by atoms with Gasteiger partial charge in [-0.25, -0.2) is 0 Å². The fourth-order valence-electron chi connectivity index (χ4n) is 2.09. The Morgan fingerprint density at radius 3 is 2.78 bits per heavy atom. The van der Waals surface area contributed by atoms with Gasteiger partial charge in [-0.05, 0) is 24.1 Å². The number of aryl methyl sites for hydroxylation is 1. The SMILES string of the molecule is CCCc1cc(=O)[nH]c2cc(NC(C)=O)ccc12. The molecular formula is C14H16N2O2. The molecule has 94 valence electrons. The normalized spacial score (nSPS) is 10.6. The van der Waals surface area contributed by atoms with Crippen LogP contribution in [0, 0.1) is 0 Å². The lowest BCUT2D eigenvalue weighted by Gasteiger charge is -2.07. The van der Waals surface area contributed by atoms with Crippen LogP contribution in [0.2, 0.25) is 0 Å². The van der Waals surface area contributed by atoms with Crippen LogP contribution in [-0.2, 0) is 11.2 Å². The largest absolute Gasteiger partial charge is 0.326 e. The van der Waals surface area contributed by atoms with Crippen LogP contribution in [0.4, 0.5) is 5.69 Å². The van der Waals surface area contributed by atoms with Crippen LogP contribution in [0.1, 0.15) is 25.8 Å². The van der Waals surface area contributed by atoms with Crippen LogP contribution in [0.5, 0.6) is 0 Å². The number of nitrogens with one attached hydrogen (secondary N) is 2. The first-order valence-electron chi connectivity index (χ1n) is 6.03. The predicted octanol–water partition coefficient (Wildman–Crippen LogP) is 2.44. The zero-order valence-electron chi connectivity index (χ0n) is 10.5. The first kappa shape index (κ1) is 12.4. The number of pyridine rings is 1. The Morgan fingerprint density at radius 2 is 2.11 bits per heavy atom. The summed E-state index contributed by atoms with van der Waals surface area (Å²) in [5.41, 5.74) is 2.40. The quantitative estimate of drug-likeness (QED) is 0.871. The Labute approximate surface area is 105 Å². The van der Waals surface area contributed by atoms with Gasteiger partial charge in [0.15, 0.2) is 0 Å². The van der Waals surface area contributed by atoms with Gasteiger partial charge in [0.1, 0.15) is 0 Å². The lowest BCUT2D eigenvalue weighted by Crippen LogP contribution is -2.08. The number of rotatable bonds is 3. The van der Waals surface area contributed by atoms with Gasteiger partial charge in [0.25, 0.3) is 0 Å². The molecule has 0 spiro atoms. The van der Waals surface area contributed by atoms with E-state index in [1.807, 2.05) is 12.1 Å². The molecule has 2 rings (SSSR count). The summed E-state index contributed by atoms with van der Waals surface area (Å²) in [4.78, 5) is 25.4. The van der Waals surface area contributed by atoms with Gasteiger partial charge in [-0.2, -0.15) is 0 Å². The molecule has 0 fully saturated rings. The van der Waals surface area contributed by atoms with Gasteiger partial charge in [0.2, 0.25) is 11.5 Å². The third-order valence-corrected chi connectivity index (χ3v) is 2.77. The van der Waals surface area contributed by atoms with Crippen molar-refractivity contribution >= 4 is 22.5 Å². The van der Waals surface area contributed by atoms with E-state index in [2.05, 4.69) is 17.2 Å². The van der Waals surface area contributed by atoms with E-state index in [4.69, 9.17) is 0 Å². The minimum atomic E-state index is -0.124. The van der Waals surface area contributed by atoms with Crippen molar-refractivity contribution in [1.82, 2.24) is 4.98 Å². The number of amides is 1. The van der Waals surface area contributed by atoms with Crippen molar-refractivity contribution in [3.05, 3.63) is 40.2 Å². The standard InChI is InChI=1S/C14H16N2O2/c1-3-4-10-7-14(18)16-13-8-11(15-9(2)17)5-6-12(10)13/h5-8H,3-4H2,1-2H3,(H,15,17)(H,16,18). The van der Waals surface area contributed by atoms with Gasteiger partial charge >= 0.3 is 0 Å². The van der Waals surface area contributed by atoms with E-state index in [1.54, 1.807) is 12.1 Å². The molecule has 2 N–H and O–H groups in total. The summed E-state index contributed by atoms with van der Waals surface area (Å²) in [6, 6.07) is 7.21. The van der Waals surface area contributed by atoms with Crippen molar-refractivity contribution in [2.24, 2.45) is 0 Å². The molecule has 2 aromatic rings. The summed E-state index contributed by atoms with van der Waals surface area (Å²) in [5.74, 6) is -0.124. The average Bonchev–Trinajstić information content (AvgIpc) is 2.27. The Kier molecular flexibility index (Phi) is 3.46. The highest BCUT2D eigenvalue weighted by Gasteiger charge is 2.04. The van der Waals surface area contributed by atoms with Gasteiger partial charge in [-0.3, -0.25) is 9.59 Å². The maximum atomic E-state index is 11.6. The molecule has 0 radical (unpaired) electrons. The van der Waals surface area contributed by atoms with Crippen molar-refractivity contribution in [1.29, 1.82) is 0 Å². The lowest BCUT2D eigenvalue weighted by atomic mass is 10.0. The summed E-state index contributed by atoms with van der Waals surface area (Å²) in [6.45, 7) is 3.54. The number of hydrogen-bond donors (Lipinski definition) is 2. The Balaban J connectivity index is 2.56. The first-order valence-corrected chi connectivity index (χ1v) is 6.03. The molecule has 1 amide bonds. The summed E-state index contributed by atoms with van der Waals surface area (Å²) in [6.07, 6.45) is 1.87. The highest BCUT2D eigenvalue weighted by atomic mass is 16.1. The number of fused-ring (bicyclic) bond motifs is 1. The Hall–Kier alpha value is -2.10. The van der Waals surface area contributed by atoms with Crippen LogP contribution < -0.4 is 10.9 Å². The van der Waals surface area contributed by atoms with E-state index in [9.17, 15) is 9.59 Å². The monoisotopic (exact) mass is 244 g/mol. The molecule has 0 bridgehead atoms. The summed E-state index contributed by atoms with van der Waals surface area (Å²) in [7, 11) is 0. The molecule has 0 aliphatic carbocycles. The van der Waals surface area contributed by atoms with Gasteiger partial charge in [0.05, 0.1) is 5.52 Å². The zero-order valence-corrected chi connectivity index (χ0v) is 10.5. The van der Waals surface area contributed by atoms with Crippen LogP contribution >= 0.6 is 0 Å². The molecule has 0 saturated heterocycles. The third-order valence-electron chi connectivity index (χ3n) is 2.77.